The van der Waals surface area contributed by atoms with Crippen LogP contribution in [0.5, 0.6) is 0 Å². The van der Waals surface area contributed by atoms with Gasteiger partial charge in [0.05, 0.1) is 38.4 Å². The van der Waals surface area contributed by atoms with Crippen molar-refractivity contribution < 1.29 is 13.8 Å². The summed E-state index contributed by atoms with van der Waals surface area (Å²) in [5.74, 6) is 0.236. The van der Waals surface area contributed by atoms with Gasteiger partial charge in [-0.15, -0.1) is 0 Å². The number of imide groups is 1. The first kappa shape index (κ1) is 22.7. The average Bonchev–Trinajstić information content (AvgIpc) is 3.22. The van der Waals surface area contributed by atoms with Gasteiger partial charge in [-0.25, -0.2) is 0 Å². The van der Waals surface area contributed by atoms with Gasteiger partial charge < -0.3 is 9.80 Å². The van der Waals surface area contributed by atoms with E-state index in [-0.39, 0.29) is 11.8 Å². The molecule has 0 fully saturated rings. The fourth-order valence-corrected chi connectivity index (χ4v) is 5.88. The minimum Gasteiger partial charge on any atom is -0.361 e. The van der Waals surface area contributed by atoms with E-state index in [1.807, 2.05) is 11.9 Å². The lowest BCUT2D eigenvalue weighted by atomic mass is 10.1. The highest BCUT2D eigenvalue weighted by molar-refractivity contribution is 7.85. The van der Waals surface area contributed by atoms with E-state index in [1.54, 1.807) is 24.3 Å². The van der Waals surface area contributed by atoms with Crippen LogP contribution < -0.4 is 4.90 Å². The van der Waals surface area contributed by atoms with E-state index < -0.39 is 10.8 Å². The van der Waals surface area contributed by atoms with Crippen molar-refractivity contribution in [2.45, 2.75) is 37.5 Å². The molecule has 1 atom stereocenters. The molecule has 0 spiro atoms. The number of hydrogen-bond donors (Lipinski definition) is 0. The SMILES string of the molecule is CCCN(CCCCN1C(=O)c2ccccc2C1=O)CCc1ccc2c(c1)S(=O)CN2C. The molecule has 2 heterocycles. The van der Waals surface area contributed by atoms with Crippen molar-refractivity contribution in [2.75, 3.05) is 44.0 Å². The number of hydrogen-bond acceptors (Lipinski definition) is 5. The summed E-state index contributed by atoms with van der Waals surface area (Å²) in [7, 11) is 1.05. The minimum atomic E-state index is -0.931. The summed E-state index contributed by atoms with van der Waals surface area (Å²) in [6.45, 7) is 5.56. The molecule has 0 saturated carbocycles. The van der Waals surface area contributed by atoms with Crippen LogP contribution in [0.2, 0.25) is 0 Å². The van der Waals surface area contributed by atoms with E-state index in [0.717, 1.165) is 55.9 Å². The van der Waals surface area contributed by atoms with Crippen LogP contribution in [0.15, 0.2) is 47.4 Å². The Morgan fingerprint density at radius 3 is 2.38 bits per heavy atom. The fourth-order valence-electron chi connectivity index (χ4n) is 4.51. The van der Waals surface area contributed by atoms with Gasteiger partial charge in [-0.2, -0.15) is 0 Å². The summed E-state index contributed by atoms with van der Waals surface area (Å²) < 4.78 is 12.3. The zero-order chi connectivity index (χ0) is 22.7. The van der Waals surface area contributed by atoms with Crippen molar-refractivity contribution in [2.24, 2.45) is 0 Å². The Kier molecular flexibility index (Phi) is 7.06. The molecule has 7 heteroatoms. The molecule has 2 aromatic carbocycles. The smallest absolute Gasteiger partial charge is 0.261 e. The first-order valence-corrected chi connectivity index (χ1v) is 12.7. The summed E-state index contributed by atoms with van der Waals surface area (Å²) in [4.78, 5) is 31.8. The highest BCUT2D eigenvalue weighted by Crippen LogP contribution is 2.31. The van der Waals surface area contributed by atoms with E-state index in [1.165, 1.54) is 10.5 Å². The van der Waals surface area contributed by atoms with Crippen LogP contribution >= 0.6 is 0 Å². The van der Waals surface area contributed by atoms with Gasteiger partial charge in [0.2, 0.25) is 0 Å². The van der Waals surface area contributed by atoms with Crippen LogP contribution in [0.1, 0.15) is 52.5 Å². The third kappa shape index (κ3) is 4.64. The van der Waals surface area contributed by atoms with Crippen molar-refractivity contribution in [3.8, 4) is 0 Å². The fraction of sp³-hybridized carbons (Fsp3) is 0.440. The van der Waals surface area contributed by atoms with Crippen molar-refractivity contribution in [1.29, 1.82) is 0 Å². The number of unbranched alkanes of at least 4 members (excludes halogenated alkanes) is 1. The minimum absolute atomic E-state index is 0.171. The molecule has 0 bridgehead atoms. The summed E-state index contributed by atoms with van der Waals surface area (Å²) in [6.07, 6.45) is 3.74. The van der Waals surface area contributed by atoms with Gasteiger partial charge >= 0.3 is 0 Å². The standard InChI is InChI=1S/C25H31N3O3S/c1-3-13-27(16-12-19-10-11-22-23(17-19)32(31)18-26(22)2)14-6-7-15-28-24(29)20-8-4-5-9-21(20)25(28)30/h4-5,8-11,17H,3,6-7,12-16,18H2,1-2H3. The molecular weight excluding hydrogens is 422 g/mol. The molecule has 0 N–H and O–H groups in total. The molecule has 2 amide bonds. The van der Waals surface area contributed by atoms with Gasteiger partial charge in [-0.1, -0.05) is 25.1 Å². The van der Waals surface area contributed by atoms with Crippen LogP contribution in [-0.2, 0) is 17.2 Å². The van der Waals surface area contributed by atoms with E-state index in [9.17, 15) is 13.8 Å². The van der Waals surface area contributed by atoms with Crippen LogP contribution in [0.4, 0.5) is 5.69 Å². The number of carbonyl (C=O) groups is 2. The molecule has 4 rings (SSSR count). The van der Waals surface area contributed by atoms with Gasteiger partial charge in [0.25, 0.3) is 11.8 Å². The van der Waals surface area contributed by atoms with Crippen molar-refractivity contribution in [3.05, 3.63) is 59.2 Å². The number of anilines is 1. The molecule has 0 radical (unpaired) electrons. The largest absolute Gasteiger partial charge is 0.361 e. The number of benzene rings is 2. The normalized spacial score (nSPS) is 17.4. The molecule has 32 heavy (non-hydrogen) atoms. The summed E-state index contributed by atoms with van der Waals surface area (Å²) in [6, 6.07) is 13.4. The van der Waals surface area contributed by atoms with Gasteiger partial charge in [-0.3, -0.25) is 18.7 Å². The number of carbonyl (C=O) groups excluding carboxylic acids is 2. The monoisotopic (exact) mass is 453 g/mol. The Morgan fingerprint density at radius 1 is 0.969 bits per heavy atom. The molecule has 1 unspecified atom stereocenters. The van der Waals surface area contributed by atoms with Crippen molar-refractivity contribution in [3.63, 3.8) is 0 Å². The third-order valence-electron chi connectivity index (χ3n) is 6.23. The lowest BCUT2D eigenvalue weighted by molar-refractivity contribution is 0.0650. The highest BCUT2D eigenvalue weighted by atomic mass is 32.2. The summed E-state index contributed by atoms with van der Waals surface area (Å²) >= 11 is 0. The second kappa shape index (κ2) is 9.96. The van der Waals surface area contributed by atoms with Gasteiger partial charge in [0, 0.05) is 20.1 Å². The predicted molar refractivity (Wildman–Crippen MR) is 128 cm³/mol. The first-order valence-electron chi connectivity index (χ1n) is 11.4. The average molecular weight is 454 g/mol. The highest BCUT2D eigenvalue weighted by Gasteiger charge is 2.34. The maximum Gasteiger partial charge on any atom is 0.261 e. The summed E-state index contributed by atoms with van der Waals surface area (Å²) in [5.41, 5.74) is 3.34. The zero-order valence-corrected chi connectivity index (χ0v) is 19.7. The first-order chi connectivity index (χ1) is 15.5. The quantitative estimate of drug-likeness (QED) is 0.407. The zero-order valence-electron chi connectivity index (χ0n) is 18.9. The number of rotatable bonds is 10. The lowest BCUT2D eigenvalue weighted by Crippen LogP contribution is -2.32. The second-order valence-electron chi connectivity index (χ2n) is 8.58. The summed E-state index contributed by atoms with van der Waals surface area (Å²) in [5, 5.41) is 0. The lowest BCUT2D eigenvalue weighted by Gasteiger charge is -2.22. The Hall–Kier alpha value is -2.51. The molecule has 0 aliphatic carbocycles. The Labute approximate surface area is 192 Å². The molecule has 0 saturated heterocycles. The van der Waals surface area contributed by atoms with E-state index >= 15 is 0 Å². The van der Waals surface area contributed by atoms with Gasteiger partial charge in [0.15, 0.2) is 0 Å². The molecule has 0 aromatic heterocycles. The van der Waals surface area contributed by atoms with Gasteiger partial charge in [0.1, 0.15) is 0 Å². The molecule has 2 aliphatic rings. The Balaban J connectivity index is 1.26. The topological polar surface area (TPSA) is 60.9 Å². The molecule has 2 aliphatic heterocycles. The molecule has 6 nitrogen and oxygen atoms in total. The van der Waals surface area contributed by atoms with Crippen molar-refractivity contribution in [1.82, 2.24) is 9.80 Å². The number of amides is 2. The molecule has 170 valence electrons. The maximum atomic E-state index is 12.5. The van der Waals surface area contributed by atoms with E-state index in [0.29, 0.717) is 23.5 Å². The van der Waals surface area contributed by atoms with Crippen LogP contribution in [-0.4, -0.2) is 64.9 Å². The van der Waals surface area contributed by atoms with Crippen LogP contribution in [0.25, 0.3) is 0 Å². The van der Waals surface area contributed by atoms with E-state index in [4.69, 9.17) is 0 Å². The maximum absolute atomic E-state index is 12.5. The Morgan fingerprint density at radius 2 is 1.69 bits per heavy atom. The molecular formula is C25H31N3O3S. The number of fused-ring (bicyclic) bond motifs is 2. The van der Waals surface area contributed by atoms with E-state index in [2.05, 4.69) is 30.0 Å². The second-order valence-corrected chi connectivity index (χ2v) is 9.97. The number of nitrogens with zero attached hydrogens (tertiary/aromatic N) is 3. The van der Waals surface area contributed by atoms with Crippen molar-refractivity contribution >= 4 is 28.3 Å². The van der Waals surface area contributed by atoms with Crippen LogP contribution in [0.3, 0.4) is 0 Å². The predicted octanol–water partition coefficient (Wildman–Crippen LogP) is 3.53. The third-order valence-corrected chi connectivity index (χ3v) is 7.67. The Bertz CT molecular complexity index is 1000. The molecule has 2 aromatic rings. The van der Waals surface area contributed by atoms with Gasteiger partial charge in [-0.05, 0) is 68.6 Å². The van der Waals surface area contributed by atoms with Crippen LogP contribution in [0, 0.1) is 0 Å².